The Morgan fingerprint density at radius 3 is 2.54 bits per heavy atom. The van der Waals surface area contributed by atoms with Gasteiger partial charge < -0.3 is 19.1 Å². The Bertz CT molecular complexity index is 676. The molecule has 1 unspecified atom stereocenters. The minimum atomic E-state index is -0.660. The van der Waals surface area contributed by atoms with E-state index in [0.29, 0.717) is 25.3 Å². The molecule has 2 saturated heterocycles. The Morgan fingerprint density at radius 1 is 1.23 bits per heavy atom. The summed E-state index contributed by atoms with van der Waals surface area (Å²) < 4.78 is 7.20. The van der Waals surface area contributed by atoms with Gasteiger partial charge in [0.25, 0.3) is 5.91 Å². The molecule has 2 aliphatic rings. The van der Waals surface area contributed by atoms with Crippen molar-refractivity contribution in [1.82, 2.24) is 14.4 Å². The molecular weight excluding hydrogens is 330 g/mol. The highest BCUT2D eigenvalue weighted by molar-refractivity contribution is 6.00. The van der Waals surface area contributed by atoms with Crippen LogP contribution in [0, 0.1) is 0 Å². The molecule has 2 aliphatic heterocycles. The lowest BCUT2D eigenvalue weighted by Gasteiger charge is -2.44. The molecule has 0 bridgehead atoms. The number of hydrogen-bond donors (Lipinski definition) is 0. The summed E-state index contributed by atoms with van der Waals surface area (Å²) in [5.41, 5.74) is -0.0610. The predicted octanol–water partition coefficient (Wildman–Crippen LogP) is 2.49. The van der Waals surface area contributed by atoms with Crippen LogP contribution in [0.2, 0.25) is 0 Å². The molecule has 3 heterocycles. The van der Waals surface area contributed by atoms with E-state index in [1.807, 2.05) is 28.3 Å². The van der Waals surface area contributed by atoms with Crippen LogP contribution in [0.4, 0.5) is 0 Å². The van der Waals surface area contributed by atoms with Gasteiger partial charge in [-0.2, -0.15) is 0 Å². The second-order valence-electron chi connectivity index (χ2n) is 8.46. The van der Waals surface area contributed by atoms with Gasteiger partial charge in [-0.15, -0.1) is 0 Å². The highest BCUT2D eigenvalue weighted by Crippen LogP contribution is 2.39. The van der Waals surface area contributed by atoms with Crippen molar-refractivity contribution in [1.29, 1.82) is 0 Å². The molecule has 6 heteroatoms. The van der Waals surface area contributed by atoms with Crippen molar-refractivity contribution in [2.75, 3.05) is 33.4 Å². The van der Waals surface area contributed by atoms with Crippen molar-refractivity contribution >= 4 is 11.8 Å². The number of methoxy groups -OCH3 is 1. The molecule has 1 aromatic heterocycles. The highest BCUT2D eigenvalue weighted by atomic mass is 16.5. The van der Waals surface area contributed by atoms with Gasteiger partial charge in [0.05, 0.1) is 12.2 Å². The van der Waals surface area contributed by atoms with E-state index < -0.39 is 5.54 Å². The Balaban J connectivity index is 1.84. The highest BCUT2D eigenvalue weighted by Gasteiger charge is 2.52. The topological polar surface area (TPSA) is 54.8 Å². The number of nitrogens with zero attached hydrogens (tertiary/aromatic N) is 3. The summed E-state index contributed by atoms with van der Waals surface area (Å²) in [4.78, 5) is 30.2. The average Bonchev–Trinajstić information content (AvgIpc) is 3.23. The van der Waals surface area contributed by atoms with Crippen molar-refractivity contribution in [3.8, 4) is 0 Å². The van der Waals surface area contributed by atoms with Gasteiger partial charge >= 0.3 is 0 Å². The van der Waals surface area contributed by atoms with E-state index in [-0.39, 0.29) is 17.4 Å². The third kappa shape index (κ3) is 3.27. The van der Waals surface area contributed by atoms with E-state index in [2.05, 4.69) is 25.3 Å². The van der Waals surface area contributed by atoms with Crippen molar-refractivity contribution in [3.05, 3.63) is 24.0 Å². The second-order valence-corrected chi connectivity index (χ2v) is 8.46. The quantitative estimate of drug-likeness (QED) is 0.828. The van der Waals surface area contributed by atoms with Gasteiger partial charge in [0, 0.05) is 44.7 Å². The molecule has 0 saturated carbocycles. The summed E-state index contributed by atoms with van der Waals surface area (Å²) in [6, 6.07) is 1.87. The van der Waals surface area contributed by atoms with Crippen LogP contribution in [0.1, 0.15) is 56.8 Å². The van der Waals surface area contributed by atoms with Crippen LogP contribution in [0.3, 0.4) is 0 Å². The third-order valence-electron chi connectivity index (χ3n) is 5.72. The lowest BCUT2D eigenvalue weighted by molar-refractivity contribution is -0.146. The van der Waals surface area contributed by atoms with Crippen molar-refractivity contribution in [2.45, 2.75) is 57.5 Å². The first kappa shape index (κ1) is 19.0. The van der Waals surface area contributed by atoms with E-state index in [1.54, 1.807) is 7.11 Å². The molecule has 1 spiro atoms. The van der Waals surface area contributed by atoms with Crippen molar-refractivity contribution in [2.24, 2.45) is 0 Å². The number of ether oxygens (including phenoxy) is 1. The van der Waals surface area contributed by atoms with E-state index in [0.717, 1.165) is 32.2 Å². The second kappa shape index (κ2) is 7.06. The van der Waals surface area contributed by atoms with E-state index in [1.165, 1.54) is 0 Å². The van der Waals surface area contributed by atoms with Gasteiger partial charge in [0.15, 0.2) is 0 Å². The standard InChI is InChI=1S/C20H31N3O3/c1-19(2,3)22-12-7-16(15-22)17(24)23-11-6-9-20(23)8-5-10-21(18(20)25)13-14-26-4/h7,12,15H,5-6,8-11,13-14H2,1-4H3. The average molecular weight is 361 g/mol. The lowest BCUT2D eigenvalue weighted by atomic mass is 9.85. The Hall–Kier alpha value is -1.82. The number of carbonyl (C=O) groups excluding carboxylic acids is 2. The zero-order chi connectivity index (χ0) is 18.9. The molecule has 1 aromatic rings. The third-order valence-corrected chi connectivity index (χ3v) is 5.72. The van der Waals surface area contributed by atoms with Crippen LogP contribution in [0.15, 0.2) is 18.5 Å². The SMILES string of the molecule is COCCN1CCCC2(CCCN2C(=O)c2ccn(C(C)(C)C)c2)C1=O. The molecular formula is C20H31N3O3. The number of carbonyl (C=O) groups is 2. The van der Waals surface area contributed by atoms with Gasteiger partial charge in [-0.3, -0.25) is 9.59 Å². The van der Waals surface area contributed by atoms with Crippen LogP contribution < -0.4 is 0 Å². The number of hydrogen-bond acceptors (Lipinski definition) is 3. The molecule has 26 heavy (non-hydrogen) atoms. The van der Waals surface area contributed by atoms with Gasteiger partial charge in [-0.1, -0.05) is 0 Å². The zero-order valence-electron chi connectivity index (χ0n) is 16.5. The van der Waals surface area contributed by atoms with Crippen LogP contribution in [-0.2, 0) is 15.1 Å². The molecule has 1 atom stereocenters. The summed E-state index contributed by atoms with van der Waals surface area (Å²) in [6.45, 7) is 8.87. The Kier molecular flexibility index (Phi) is 5.15. The fourth-order valence-corrected chi connectivity index (χ4v) is 4.23. The van der Waals surface area contributed by atoms with Gasteiger partial charge in [0.1, 0.15) is 5.54 Å². The molecule has 2 fully saturated rings. The maximum absolute atomic E-state index is 13.2. The fraction of sp³-hybridized carbons (Fsp3) is 0.700. The first-order valence-electron chi connectivity index (χ1n) is 9.58. The maximum Gasteiger partial charge on any atom is 0.256 e. The minimum absolute atomic E-state index is 0.0209. The summed E-state index contributed by atoms with van der Waals surface area (Å²) in [7, 11) is 1.65. The molecule has 0 aromatic carbocycles. The number of rotatable bonds is 4. The molecule has 0 N–H and O–H groups in total. The lowest BCUT2D eigenvalue weighted by Crippen LogP contribution is -2.61. The smallest absolute Gasteiger partial charge is 0.256 e. The minimum Gasteiger partial charge on any atom is -0.383 e. The normalized spacial score (nSPS) is 23.9. The maximum atomic E-state index is 13.2. The van der Waals surface area contributed by atoms with Gasteiger partial charge in [-0.05, 0) is 52.5 Å². The van der Waals surface area contributed by atoms with Crippen LogP contribution >= 0.6 is 0 Å². The van der Waals surface area contributed by atoms with E-state index >= 15 is 0 Å². The number of aromatic nitrogens is 1. The van der Waals surface area contributed by atoms with Gasteiger partial charge in [0.2, 0.25) is 5.91 Å². The molecule has 3 rings (SSSR count). The van der Waals surface area contributed by atoms with Crippen LogP contribution in [0.25, 0.3) is 0 Å². The predicted molar refractivity (Wildman–Crippen MR) is 100 cm³/mol. The molecule has 6 nitrogen and oxygen atoms in total. The fourth-order valence-electron chi connectivity index (χ4n) is 4.23. The van der Waals surface area contributed by atoms with Crippen molar-refractivity contribution < 1.29 is 14.3 Å². The summed E-state index contributed by atoms with van der Waals surface area (Å²) in [5.74, 6) is 0.0781. The van der Waals surface area contributed by atoms with Crippen LogP contribution in [0.5, 0.6) is 0 Å². The summed E-state index contributed by atoms with van der Waals surface area (Å²) >= 11 is 0. The first-order chi connectivity index (χ1) is 12.3. The zero-order valence-corrected chi connectivity index (χ0v) is 16.5. The molecule has 2 amide bonds. The van der Waals surface area contributed by atoms with E-state index in [9.17, 15) is 9.59 Å². The molecule has 0 aliphatic carbocycles. The number of piperidine rings is 1. The van der Waals surface area contributed by atoms with E-state index in [4.69, 9.17) is 4.74 Å². The number of amides is 2. The molecule has 0 radical (unpaired) electrons. The Morgan fingerprint density at radius 2 is 1.92 bits per heavy atom. The monoisotopic (exact) mass is 361 g/mol. The molecule has 144 valence electrons. The largest absolute Gasteiger partial charge is 0.383 e. The van der Waals surface area contributed by atoms with Gasteiger partial charge in [-0.25, -0.2) is 0 Å². The summed E-state index contributed by atoms with van der Waals surface area (Å²) in [6.07, 6.45) is 7.20. The van der Waals surface area contributed by atoms with Crippen LogP contribution in [-0.4, -0.2) is 65.1 Å². The summed E-state index contributed by atoms with van der Waals surface area (Å²) in [5, 5.41) is 0. The first-order valence-corrected chi connectivity index (χ1v) is 9.58. The Labute approximate surface area is 156 Å². The van der Waals surface area contributed by atoms with Crippen molar-refractivity contribution in [3.63, 3.8) is 0 Å². The number of likely N-dealkylation sites (tertiary alicyclic amines) is 2.